The van der Waals surface area contributed by atoms with E-state index >= 15 is 0 Å². The summed E-state index contributed by atoms with van der Waals surface area (Å²) >= 11 is 0. The summed E-state index contributed by atoms with van der Waals surface area (Å²) in [5, 5.41) is 7.72. The van der Waals surface area contributed by atoms with E-state index in [0.29, 0.717) is 23.3 Å². The zero-order chi connectivity index (χ0) is 23.4. The molecule has 1 N–H and O–H groups in total. The summed E-state index contributed by atoms with van der Waals surface area (Å²) < 4.78 is 27.3. The van der Waals surface area contributed by atoms with E-state index < -0.39 is 9.84 Å². The maximum atomic E-state index is 12.7. The van der Waals surface area contributed by atoms with E-state index in [0.717, 1.165) is 16.8 Å². The van der Waals surface area contributed by atoms with Gasteiger partial charge in [-0.3, -0.25) is 9.67 Å². The second kappa shape index (κ2) is 11.5. The number of nitrogens with one attached hydrogen (secondary N) is 1. The van der Waals surface area contributed by atoms with Crippen LogP contribution in [0.4, 0.5) is 0 Å². The van der Waals surface area contributed by atoms with Gasteiger partial charge in [0.2, 0.25) is 0 Å². The Bertz CT molecular complexity index is 1010. The highest BCUT2D eigenvalue weighted by Crippen LogP contribution is 2.23. The topological polar surface area (TPSA) is 79.6 Å². The van der Waals surface area contributed by atoms with Crippen molar-refractivity contribution >= 4 is 39.8 Å². The van der Waals surface area contributed by atoms with Crippen LogP contribution in [0.5, 0.6) is 0 Å². The van der Waals surface area contributed by atoms with Gasteiger partial charge >= 0.3 is 0 Å². The maximum Gasteiger partial charge on any atom is 0.193 e. The van der Waals surface area contributed by atoms with Crippen LogP contribution in [-0.4, -0.2) is 55.5 Å². The Morgan fingerprint density at radius 1 is 1.22 bits per heavy atom. The normalized spacial score (nSPS) is 12.6. The highest BCUT2D eigenvalue weighted by molar-refractivity contribution is 14.0. The lowest BCUT2D eigenvalue weighted by Crippen LogP contribution is -2.40. The van der Waals surface area contributed by atoms with Gasteiger partial charge in [0.15, 0.2) is 15.8 Å². The van der Waals surface area contributed by atoms with Gasteiger partial charge in [-0.2, -0.15) is 5.10 Å². The fourth-order valence-electron chi connectivity index (χ4n) is 3.46. The van der Waals surface area contributed by atoms with Gasteiger partial charge in [0.1, 0.15) is 0 Å². The minimum Gasteiger partial charge on any atom is -0.355 e. The van der Waals surface area contributed by atoms with Gasteiger partial charge in [-0.05, 0) is 29.0 Å². The molecule has 0 atom stereocenters. The minimum atomic E-state index is -3.37. The fourth-order valence-corrected chi connectivity index (χ4v) is 4.61. The van der Waals surface area contributed by atoms with Crippen molar-refractivity contribution in [1.29, 1.82) is 0 Å². The van der Waals surface area contributed by atoms with Crippen molar-refractivity contribution in [2.24, 2.45) is 12.0 Å². The average Bonchev–Trinajstić information content (AvgIpc) is 3.05. The van der Waals surface area contributed by atoms with Crippen LogP contribution in [0.3, 0.4) is 0 Å². The van der Waals surface area contributed by atoms with Crippen LogP contribution in [0.15, 0.2) is 40.4 Å². The molecule has 180 valence electrons. The number of sulfone groups is 1. The number of aliphatic imine (C=N–C) groups is 1. The molecule has 0 aliphatic carbocycles. The smallest absolute Gasteiger partial charge is 0.193 e. The Morgan fingerprint density at radius 2 is 1.81 bits per heavy atom. The molecule has 0 spiro atoms. The van der Waals surface area contributed by atoms with Crippen molar-refractivity contribution in [2.45, 2.75) is 57.4 Å². The first-order valence-corrected chi connectivity index (χ1v) is 12.3. The Balaban J connectivity index is 0.00000512. The molecule has 0 aliphatic rings. The van der Waals surface area contributed by atoms with Crippen LogP contribution in [0.2, 0.25) is 0 Å². The van der Waals surface area contributed by atoms with Crippen LogP contribution in [0, 0.1) is 0 Å². The van der Waals surface area contributed by atoms with E-state index in [1.54, 1.807) is 19.2 Å². The van der Waals surface area contributed by atoms with Gasteiger partial charge in [-0.25, -0.2) is 8.42 Å². The minimum absolute atomic E-state index is 0. The fraction of sp³-hybridized carbons (Fsp3) is 0.565. The van der Waals surface area contributed by atoms with E-state index in [-0.39, 0.29) is 41.7 Å². The Morgan fingerprint density at radius 3 is 2.31 bits per heavy atom. The van der Waals surface area contributed by atoms with Crippen molar-refractivity contribution < 1.29 is 8.42 Å². The lowest BCUT2D eigenvalue weighted by atomic mass is 9.87. The quantitative estimate of drug-likeness (QED) is 0.308. The zero-order valence-corrected chi connectivity index (χ0v) is 23.7. The summed E-state index contributed by atoms with van der Waals surface area (Å²) in [6.07, 6.45) is 2.02. The summed E-state index contributed by atoms with van der Waals surface area (Å²) in [5.74, 6) is 0.977. The molecule has 9 heteroatoms. The maximum absolute atomic E-state index is 12.7. The van der Waals surface area contributed by atoms with E-state index in [1.807, 2.05) is 42.0 Å². The number of aromatic nitrogens is 2. The second-order valence-electron chi connectivity index (χ2n) is 9.29. The monoisotopic (exact) mass is 575 g/mol. The molecular formula is C23H38IN5O2S. The molecule has 0 fully saturated rings. The van der Waals surface area contributed by atoms with E-state index in [2.05, 4.69) is 50.0 Å². The van der Waals surface area contributed by atoms with Crippen LogP contribution < -0.4 is 5.32 Å². The number of aryl methyl sites for hydroxylation is 1. The van der Waals surface area contributed by atoms with Gasteiger partial charge in [0.25, 0.3) is 0 Å². The van der Waals surface area contributed by atoms with Crippen molar-refractivity contribution in [2.75, 3.05) is 26.4 Å². The molecule has 0 saturated carbocycles. The summed E-state index contributed by atoms with van der Waals surface area (Å²) in [5.41, 5.74) is 3.30. The van der Waals surface area contributed by atoms with Gasteiger partial charge in [0.05, 0.1) is 16.3 Å². The Labute approximate surface area is 210 Å². The molecule has 1 heterocycles. The number of rotatable bonds is 7. The average molecular weight is 576 g/mol. The predicted molar refractivity (Wildman–Crippen MR) is 143 cm³/mol. The van der Waals surface area contributed by atoms with E-state index in [9.17, 15) is 8.42 Å². The van der Waals surface area contributed by atoms with Crippen molar-refractivity contribution in [3.8, 4) is 0 Å². The van der Waals surface area contributed by atoms with E-state index in [1.165, 1.54) is 0 Å². The summed E-state index contributed by atoms with van der Waals surface area (Å²) in [4.78, 5) is 6.64. The van der Waals surface area contributed by atoms with Crippen molar-refractivity contribution in [3.05, 3.63) is 47.3 Å². The van der Waals surface area contributed by atoms with Crippen LogP contribution in [0.25, 0.3) is 0 Å². The van der Waals surface area contributed by atoms with Crippen LogP contribution in [-0.2, 0) is 28.8 Å². The third-order valence-corrected chi connectivity index (χ3v) is 6.93. The highest BCUT2D eigenvalue weighted by atomic mass is 127. The molecule has 0 bridgehead atoms. The number of guanidine groups is 1. The molecule has 0 aliphatic heterocycles. The number of hydrogen-bond donors (Lipinski definition) is 1. The molecule has 32 heavy (non-hydrogen) atoms. The molecule has 7 nitrogen and oxygen atoms in total. The molecule has 0 amide bonds. The highest BCUT2D eigenvalue weighted by Gasteiger charge is 2.19. The molecule has 1 aromatic carbocycles. The number of halogens is 1. The van der Waals surface area contributed by atoms with Crippen LogP contribution >= 0.6 is 24.0 Å². The predicted octanol–water partition coefficient (Wildman–Crippen LogP) is 3.94. The van der Waals surface area contributed by atoms with Crippen molar-refractivity contribution in [3.63, 3.8) is 0 Å². The summed E-state index contributed by atoms with van der Waals surface area (Å²) in [6, 6.07) is 7.19. The van der Waals surface area contributed by atoms with Crippen molar-refractivity contribution in [1.82, 2.24) is 20.0 Å². The molecule has 0 unspecified atom stereocenters. The molecule has 2 aromatic rings. The Kier molecular flexibility index (Phi) is 10.2. The lowest BCUT2D eigenvalue weighted by Gasteiger charge is -2.22. The van der Waals surface area contributed by atoms with Gasteiger partial charge in [-0.15, -0.1) is 24.0 Å². The largest absolute Gasteiger partial charge is 0.355 e. The zero-order valence-electron chi connectivity index (χ0n) is 20.5. The first-order valence-electron chi connectivity index (χ1n) is 10.6. The third-order valence-electron chi connectivity index (χ3n) is 5.20. The number of hydrogen-bond acceptors (Lipinski definition) is 4. The van der Waals surface area contributed by atoms with Gasteiger partial charge in [0, 0.05) is 46.0 Å². The third kappa shape index (κ3) is 7.47. The molecule has 0 radical (unpaired) electrons. The molecule has 2 rings (SSSR count). The van der Waals surface area contributed by atoms with Crippen LogP contribution in [0.1, 0.15) is 57.4 Å². The summed E-state index contributed by atoms with van der Waals surface area (Å²) in [7, 11) is 2.18. The molecular weight excluding hydrogens is 537 g/mol. The first kappa shape index (κ1) is 28.4. The van der Waals surface area contributed by atoms with E-state index in [4.69, 9.17) is 0 Å². The second-order valence-corrected chi connectivity index (χ2v) is 11.4. The Hall–Kier alpha value is -1.62. The summed E-state index contributed by atoms with van der Waals surface area (Å²) in [6.45, 7) is 11.5. The first-order chi connectivity index (χ1) is 14.3. The SMILES string of the molecule is CN=C(NCCS(=O)(=O)c1ccc(C(C)(C)C)cc1)N(C)Cc1cn(C)nc1C(C)C.I. The molecule has 1 aromatic heterocycles. The number of benzene rings is 1. The van der Waals surface area contributed by atoms with Gasteiger partial charge in [-0.1, -0.05) is 46.8 Å². The number of nitrogens with zero attached hydrogens (tertiary/aromatic N) is 4. The lowest BCUT2D eigenvalue weighted by molar-refractivity contribution is 0.475. The standard InChI is InChI=1S/C23H37N5O2S.HI/c1-17(2)21-18(16-28(8)26-21)15-27(7)22(24-6)25-13-14-31(29,30)20-11-9-19(10-12-20)23(3,4)5;/h9-12,16-17H,13-15H2,1-8H3,(H,24,25);1H. The van der Waals surface area contributed by atoms with Gasteiger partial charge < -0.3 is 10.2 Å². The molecule has 0 saturated heterocycles.